The average molecular weight is 487 g/mol. The molecule has 1 aliphatic heterocycles. The lowest BCUT2D eigenvalue weighted by atomic mass is 10.2. The molecule has 0 radical (unpaired) electrons. The fraction of sp³-hybridized carbons (Fsp3) is 0.409. The van der Waals surface area contributed by atoms with Crippen LogP contribution in [-0.4, -0.2) is 94.4 Å². The topological polar surface area (TPSA) is 111 Å². The van der Waals surface area contributed by atoms with Gasteiger partial charge in [-0.2, -0.15) is 9.61 Å². The van der Waals surface area contributed by atoms with Crippen LogP contribution in [0.5, 0.6) is 11.5 Å². The maximum absolute atomic E-state index is 12.7. The zero-order valence-electron chi connectivity index (χ0n) is 19.3. The normalized spacial score (nSPS) is 13.7. The largest absolute Gasteiger partial charge is 0.493 e. The summed E-state index contributed by atoms with van der Waals surface area (Å²) in [7, 11) is 3.15. The molecule has 1 fully saturated rings. The maximum Gasteiger partial charge on any atom is 0.409 e. The Balaban J connectivity index is 1.42. The molecule has 1 aliphatic rings. The van der Waals surface area contributed by atoms with Gasteiger partial charge in [-0.25, -0.2) is 4.79 Å². The molecule has 0 unspecified atom stereocenters. The van der Waals surface area contributed by atoms with Crippen molar-refractivity contribution < 1.29 is 23.8 Å². The third-order valence-electron chi connectivity index (χ3n) is 5.38. The van der Waals surface area contributed by atoms with E-state index in [4.69, 9.17) is 14.2 Å². The SMILES string of the molecule is CCOC(=O)N1CCN(C(=O)CSc2ccc3nnc(-c4ccc(OC)c(OC)c4)n3n2)CC1. The van der Waals surface area contributed by atoms with Gasteiger partial charge in [0.05, 0.1) is 26.6 Å². The van der Waals surface area contributed by atoms with E-state index >= 15 is 0 Å². The fourth-order valence-electron chi connectivity index (χ4n) is 3.58. The molecule has 0 aliphatic carbocycles. The smallest absolute Gasteiger partial charge is 0.409 e. The summed E-state index contributed by atoms with van der Waals surface area (Å²) in [6.07, 6.45) is -0.333. The van der Waals surface area contributed by atoms with Gasteiger partial charge in [-0.05, 0) is 37.3 Å². The molecule has 180 valence electrons. The average Bonchev–Trinajstić information content (AvgIpc) is 3.30. The highest BCUT2D eigenvalue weighted by Gasteiger charge is 2.25. The van der Waals surface area contributed by atoms with E-state index in [1.807, 2.05) is 24.3 Å². The summed E-state index contributed by atoms with van der Waals surface area (Å²) in [5.74, 6) is 1.99. The Morgan fingerprint density at radius 3 is 2.41 bits per heavy atom. The van der Waals surface area contributed by atoms with Crippen molar-refractivity contribution >= 4 is 29.4 Å². The van der Waals surface area contributed by atoms with Gasteiger partial charge in [-0.1, -0.05) is 11.8 Å². The summed E-state index contributed by atoms with van der Waals surface area (Å²) < 4.78 is 17.4. The first-order valence-corrected chi connectivity index (χ1v) is 11.8. The standard InChI is InChI=1S/C22H26N6O5S/c1-4-33-22(30)27-11-9-26(10-12-27)20(29)14-34-19-8-7-18-23-24-21(28(18)25-19)15-5-6-16(31-2)17(13-15)32-3/h5-8,13H,4,9-12,14H2,1-3H3. The van der Waals surface area contributed by atoms with E-state index in [1.165, 1.54) is 11.8 Å². The minimum Gasteiger partial charge on any atom is -0.493 e. The van der Waals surface area contributed by atoms with Crippen molar-refractivity contribution in [2.45, 2.75) is 11.9 Å². The van der Waals surface area contributed by atoms with Crippen molar-refractivity contribution in [2.24, 2.45) is 0 Å². The number of piperazine rings is 1. The molecule has 1 aromatic carbocycles. The molecular formula is C22H26N6O5S. The molecule has 0 bridgehead atoms. The molecule has 0 atom stereocenters. The molecule has 0 spiro atoms. The first-order chi connectivity index (χ1) is 16.5. The van der Waals surface area contributed by atoms with Gasteiger partial charge in [0, 0.05) is 31.7 Å². The number of aromatic nitrogens is 4. The van der Waals surface area contributed by atoms with E-state index in [1.54, 1.807) is 41.5 Å². The number of amides is 2. The second kappa shape index (κ2) is 10.6. The zero-order chi connectivity index (χ0) is 24.1. The van der Waals surface area contributed by atoms with Crippen LogP contribution in [-0.2, 0) is 9.53 Å². The number of carbonyl (C=O) groups excluding carboxylic acids is 2. The Kier molecular flexibility index (Phi) is 7.36. The lowest BCUT2D eigenvalue weighted by Crippen LogP contribution is -2.51. The Bertz CT molecular complexity index is 1180. The van der Waals surface area contributed by atoms with Crippen molar-refractivity contribution in [3.05, 3.63) is 30.3 Å². The second-order valence-corrected chi connectivity index (χ2v) is 8.39. The van der Waals surface area contributed by atoms with Gasteiger partial charge in [-0.15, -0.1) is 10.2 Å². The van der Waals surface area contributed by atoms with E-state index in [2.05, 4.69) is 15.3 Å². The Morgan fingerprint density at radius 1 is 0.971 bits per heavy atom. The first-order valence-electron chi connectivity index (χ1n) is 10.8. The third-order valence-corrected chi connectivity index (χ3v) is 6.29. The molecule has 4 rings (SSSR count). The number of methoxy groups -OCH3 is 2. The van der Waals surface area contributed by atoms with Crippen molar-refractivity contribution in [3.63, 3.8) is 0 Å². The monoisotopic (exact) mass is 486 g/mol. The van der Waals surface area contributed by atoms with Crippen molar-refractivity contribution in [3.8, 4) is 22.9 Å². The Labute approximate surface area is 201 Å². The molecular weight excluding hydrogens is 460 g/mol. The lowest BCUT2D eigenvalue weighted by Gasteiger charge is -2.34. The second-order valence-electron chi connectivity index (χ2n) is 7.39. The number of ether oxygens (including phenoxy) is 3. The summed E-state index contributed by atoms with van der Waals surface area (Å²) in [6, 6.07) is 9.11. The van der Waals surface area contributed by atoms with E-state index in [0.717, 1.165) is 5.56 Å². The van der Waals surface area contributed by atoms with Crippen molar-refractivity contribution in [1.29, 1.82) is 0 Å². The predicted octanol–water partition coefficient (Wildman–Crippen LogP) is 2.20. The molecule has 12 heteroatoms. The van der Waals surface area contributed by atoms with Crippen LogP contribution in [0.1, 0.15) is 6.92 Å². The van der Waals surface area contributed by atoms with Crippen LogP contribution in [0.4, 0.5) is 4.79 Å². The summed E-state index contributed by atoms with van der Waals surface area (Å²) in [6.45, 7) is 4.02. The molecule has 11 nitrogen and oxygen atoms in total. The van der Waals surface area contributed by atoms with E-state index in [-0.39, 0.29) is 17.8 Å². The summed E-state index contributed by atoms with van der Waals surface area (Å²) in [5.41, 5.74) is 1.37. The molecule has 34 heavy (non-hydrogen) atoms. The van der Waals surface area contributed by atoms with E-state index < -0.39 is 0 Å². The van der Waals surface area contributed by atoms with Gasteiger partial charge in [0.2, 0.25) is 5.91 Å². The number of fused-ring (bicyclic) bond motifs is 1. The van der Waals surface area contributed by atoms with Crippen LogP contribution in [0.3, 0.4) is 0 Å². The van der Waals surface area contributed by atoms with Crippen LogP contribution in [0.25, 0.3) is 17.0 Å². The number of hydrogen-bond donors (Lipinski definition) is 0. The third kappa shape index (κ3) is 5.01. The van der Waals surface area contributed by atoms with Crippen molar-refractivity contribution in [2.75, 3.05) is 52.8 Å². The molecule has 3 heterocycles. The van der Waals surface area contributed by atoms with Crippen LogP contribution in [0, 0.1) is 0 Å². The minimum atomic E-state index is -0.333. The number of nitrogens with zero attached hydrogens (tertiary/aromatic N) is 6. The number of thioether (sulfide) groups is 1. The number of carbonyl (C=O) groups is 2. The van der Waals surface area contributed by atoms with Gasteiger partial charge in [0.15, 0.2) is 23.0 Å². The number of rotatable bonds is 7. The molecule has 0 N–H and O–H groups in total. The molecule has 3 aromatic rings. The quantitative estimate of drug-likeness (QED) is 0.464. The summed E-state index contributed by atoms with van der Waals surface area (Å²) >= 11 is 1.34. The Hall–Kier alpha value is -3.54. The molecule has 1 saturated heterocycles. The first kappa shape index (κ1) is 23.6. The van der Waals surface area contributed by atoms with Gasteiger partial charge in [-0.3, -0.25) is 4.79 Å². The van der Waals surface area contributed by atoms with Gasteiger partial charge in [0.1, 0.15) is 5.03 Å². The lowest BCUT2D eigenvalue weighted by molar-refractivity contribution is -0.129. The number of hydrogen-bond acceptors (Lipinski definition) is 9. The van der Waals surface area contributed by atoms with Crippen LogP contribution in [0.2, 0.25) is 0 Å². The predicted molar refractivity (Wildman–Crippen MR) is 125 cm³/mol. The van der Waals surface area contributed by atoms with Gasteiger partial charge in [0.25, 0.3) is 0 Å². The van der Waals surface area contributed by atoms with Crippen LogP contribution < -0.4 is 9.47 Å². The van der Waals surface area contributed by atoms with Gasteiger partial charge >= 0.3 is 6.09 Å². The summed E-state index contributed by atoms with van der Waals surface area (Å²) in [5, 5.41) is 13.8. The van der Waals surface area contributed by atoms with Crippen LogP contribution in [0.15, 0.2) is 35.4 Å². The van der Waals surface area contributed by atoms with Crippen LogP contribution >= 0.6 is 11.8 Å². The minimum absolute atomic E-state index is 0.000670. The zero-order valence-corrected chi connectivity index (χ0v) is 20.1. The summed E-state index contributed by atoms with van der Waals surface area (Å²) in [4.78, 5) is 27.9. The van der Waals surface area contributed by atoms with E-state index in [0.29, 0.717) is 60.8 Å². The highest BCUT2D eigenvalue weighted by Crippen LogP contribution is 2.31. The maximum atomic E-state index is 12.7. The van der Waals surface area contributed by atoms with Gasteiger partial charge < -0.3 is 24.0 Å². The molecule has 2 amide bonds. The fourth-order valence-corrected chi connectivity index (χ4v) is 4.34. The molecule has 0 saturated carbocycles. The highest BCUT2D eigenvalue weighted by atomic mass is 32.2. The Morgan fingerprint density at radius 2 is 1.71 bits per heavy atom. The van der Waals surface area contributed by atoms with Crippen molar-refractivity contribution in [1.82, 2.24) is 29.6 Å². The van der Waals surface area contributed by atoms with E-state index in [9.17, 15) is 9.59 Å². The number of benzene rings is 1. The highest BCUT2D eigenvalue weighted by molar-refractivity contribution is 7.99. The molecule has 2 aromatic heterocycles.